The van der Waals surface area contributed by atoms with Gasteiger partial charge >= 0.3 is 0 Å². The van der Waals surface area contributed by atoms with Gasteiger partial charge in [-0.1, -0.05) is 41.4 Å². The van der Waals surface area contributed by atoms with Crippen LogP contribution in [0.2, 0.25) is 5.02 Å². The molecule has 2 aromatic carbocycles. The lowest BCUT2D eigenvalue weighted by Gasteiger charge is -2.34. The van der Waals surface area contributed by atoms with Crippen molar-refractivity contribution in [3.05, 3.63) is 86.8 Å². The van der Waals surface area contributed by atoms with Crippen molar-refractivity contribution >= 4 is 29.1 Å². The molecule has 34 heavy (non-hydrogen) atoms. The minimum atomic E-state index is -0.425. The summed E-state index contributed by atoms with van der Waals surface area (Å²) >= 11 is 6.29. The Morgan fingerprint density at radius 2 is 1.68 bits per heavy atom. The summed E-state index contributed by atoms with van der Waals surface area (Å²) in [5.41, 5.74) is 2.49. The Kier molecular flexibility index (Phi) is 7.09. The number of nitrogens with zero attached hydrogens (tertiary/aromatic N) is 4. The summed E-state index contributed by atoms with van der Waals surface area (Å²) in [7, 11) is 0. The molecule has 176 valence electrons. The van der Waals surface area contributed by atoms with Gasteiger partial charge in [-0.05, 0) is 38.1 Å². The predicted molar refractivity (Wildman–Crippen MR) is 132 cm³/mol. The van der Waals surface area contributed by atoms with Crippen LogP contribution in [0.1, 0.15) is 21.7 Å². The quantitative estimate of drug-likeness (QED) is 0.608. The topological polar surface area (TPSA) is 87.5 Å². The highest BCUT2D eigenvalue weighted by atomic mass is 35.5. The summed E-state index contributed by atoms with van der Waals surface area (Å²) in [6.07, 6.45) is 0. The molecule has 1 N–H and O–H groups in total. The van der Waals surface area contributed by atoms with E-state index in [4.69, 9.17) is 11.6 Å². The van der Waals surface area contributed by atoms with Gasteiger partial charge in [0.2, 0.25) is 11.3 Å². The maximum absolute atomic E-state index is 13.1. The van der Waals surface area contributed by atoms with Crippen molar-refractivity contribution in [3.8, 4) is 5.69 Å². The third-order valence-corrected chi connectivity index (χ3v) is 6.07. The third kappa shape index (κ3) is 5.35. The highest BCUT2D eigenvalue weighted by Gasteiger charge is 2.26. The Morgan fingerprint density at radius 1 is 1.00 bits per heavy atom. The number of anilines is 1. The van der Waals surface area contributed by atoms with Gasteiger partial charge in [0.25, 0.3) is 5.91 Å². The van der Waals surface area contributed by atoms with Crippen molar-refractivity contribution < 1.29 is 9.59 Å². The van der Waals surface area contributed by atoms with Gasteiger partial charge in [0.1, 0.15) is 0 Å². The number of aryl methyl sites for hydroxylation is 2. The van der Waals surface area contributed by atoms with E-state index in [9.17, 15) is 14.4 Å². The number of halogens is 1. The van der Waals surface area contributed by atoms with Gasteiger partial charge in [0.05, 0.1) is 17.3 Å². The fourth-order valence-electron chi connectivity index (χ4n) is 3.86. The number of nitrogens with one attached hydrogen (secondary N) is 1. The fraction of sp³-hybridized carbons (Fsp3) is 0.280. The number of carbonyl (C=O) groups is 2. The summed E-state index contributed by atoms with van der Waals surface area (Å²) in [6, 6.07) is 16.1. The lowest BCUT2D eigenvalue weighted by atomic mass is 10.2. The maximum atomic E-state index is 13.1. The summed E-state index contributed by atoms with van der Waals surface area (Å²) in [5.74, 6) is -0.527. The first-order chi connectivity index (χ1) is 16.3. The Balaban J connectivity index is 1.40. The van der Waals surface area contributed by atoms with Crippen LogP contribution in [0, 0.1) is 13.8 Å². The van der Waals surface area contributed by atoms with Crippen LogP contribution in [0.3, 0.4) is 0 Å². The van der Waals surface area contributed by atoms with Crippen LogP contribution in [0.4, 0.5) is 5.69 Å². The zero-order valence-corrected chi connectivity index (χ0v) is 19.9. The molecule has 0 saturated carbocycles. The predicted octanol–water partition coefficient (Wildman–Crippen LogP) is 2.90. The van der Waals surface area contributed by atoms with Crippen LogP contribution in [0.25, 0.3) is 5.69 Å². The average Bonchev–Trinajstić information content (AvgIpc) is 2.81. The van der Waals surface area contributed by atoms with E-state index in [2.05, 4.69) is 10.4 Å². The van der Waals surface area contributed by atoms with Crippen LogP contribution in [0.15, 0.2) is 59.4 Å². The first-order valence-electron chi connectivity index (χ1n) is 11.1. The highest BCUT2D eigenvalue weighted by Crippen LogP contribution is 2.20. The number of piperazine rings is 1. The summed E-state index contributed by atoms with van der Waals surface area (Å²) in [6.45, 7) is 5.82. The Morgan fingerprint density at radius 3 is 2.35 bits per heavy atom. The standard InChI is InChI=1S/C25H26ClN5O3/c1-17-7-9-19(10-8-17)27-23(33)16-29-11-13-30(14-12-29)25(34)24-22(32)15-18(2)31(28-24)21-6-4-3-5-20(21)26/h3-10,15H,11-14,16H2,1-2H3,(H,27,33). The SMILES string of the molecule is Cc1ccc(NC(=O)CN2CCN(C(=O)c3nn(-c4ccccc4Cl)c(C)cc3=O)CC2)cc1. The van der Waals surface area contributed by atoms with E-state index in [0.29, 0.717) is 42.6 Å². The molecule has 2 heterocycles. The van der Waals surface area contributed by atoms with Crippen LogP contribution in [0.5, 0.6) is 0 Å². The van der Waals surface area contributed by atoms with Gasteiger partial charge in [-0.25, -0.2) is 4.68 Å². The molecule has 1 fully saturated rings. The van der Waals surface area contributed by atoms with E-state index >= 15 is 0 Å². The molecule has 0 aliphatic carbocycles. The molecular formula is C25H26ClN5O3. The molecule has 4 rings (SSSR count). The Bertz CT molecular complexity index is 1260. The van der Waals surface area contributed by atoms with Gasteiger partial charge in [-0.3, -0.25) is 19.3 Å². The van der Waals surface area contributed by atoms with Crippen LogP contribution >= 0.6 is 11.6 Å². The number of carbonyl (C=O) groups excluding carboxylic acids is 2. The van der Waals surface area contributed by atoms with E-state index < -0.39 is 11.3 Å². The number of aromatic nitrogens is 2. The smallest absolute Gasteiger partial charge is 0.278 e. The van der Waals surface area contributed by atoms with E-state index in [1.807, 2.05) is 42.2 Å². The molecule has 8 nitrogen and oxygen atoms in total. The monoisotopic (exact) mass is 479 g/mol. The largest absolute Gasteiger partial charge is 0.335 e. The highest BCUT2D eigenvalue weighted by molar-refractivity contribution is 6.32. The van der Waals surface area contributed by atoms with Crippen LogP contribution in [-0.4, -0.2) is 64.1 Å². The lowest BCUT2D eigenvalue weighted by Crippen LogP contribution is -2.51. The maximum Gasteiger partial charge on any atom is 0.278 e. The second kappa shape index (κ2) is 10.2. The van der Waals surface area contributed by atoms with E-state index in [-0.39, 0.29) is 18.1 Å². The molecular weight excluding hydrogens is 454 g/mol. The number of benzene rings is 2. The Hall–Kier alpha value is -3.49. The molecule has 2 amide bonds. The molecule has 0 bridgehead atoms. The first-order valence-corrected chi connectivity index (χ1v) is 11.4. The summed E-state index contributed by atoms with van der Waals surface area (Å²) < 4.78 is 1.52. The number of hydrogen-bond acceptors (Lipinski definition) is 5. The van der Waals surface area contributed by atoms with E-state index in [0.717, 1.165) is 11.3 Å². The minimum Gasteiger partial charge on any atom is -0.335 e. The van der Waals surface area contributed by atoms with Crippen molar-refractivity contribution in [1.82, 2.24) is 19.6 Å². The molecule has 1 aliphatic heterocycles. The van der Waals surface area contributed by atoms with Crippen molar-refractivity contribution in [2.45, 2.75) is 13.8 Å². The van der Waals surface area contributed by atoms with Crippen molar-refractivity contribution in [2.24, 2.45) is 0 Å². The molecule has 0 radical (unpaired) electrons. The summed E-state index contributed by atoms with van der Waals surface area (Å²) in [4.78, 5) is 41.7. The molecule has 0 unspecified atom stereocenters. The number of para-hydroxylation sites is 1. The number of rotatable bonds is 5. The molecule has 3 aromatic rings. The fourth-order valence-corrected chi connectivity index (χ4v) is 4.08. The second-order valence-electron chi connectivity index (χ2n) is 8.34. The van der Waals surface area contributed by atoms with Gasteiger partial charge < -0.3 is 10.2 Å². The zero-order chi connectivity index (χ0) is 24.2. The average molecular weight is 480 g/mol. The van der Waals surface area contributed by atoms with Crippen molar-refractivity contribution in [2.75, 3.05) is 38.0 Å². The minimum absolute atomic E-state index is 0.105. The number of hydrogen-bond donors (Lipinski definition) is 1. The third-order valence-electron chi connectivity index (χ3n) is 5.75. The van der Waals surface area contributed by atoms with E-state index in [1.165, 1.54) is 10.7 Å². The van der Waals surface area contributed by atoms with E-state index in [1.54, 1.807) is 30.0 Å². The Labute approximate surface area is 202 Å². The van der Waals surface area contributed by atoms with Gasteiger partial charge in [0.15, 0.2) is 5.69 Å². The molecule has 0 spiro atoms. The second-order valence-corrected chi connectivity index (χ2v) is 8.75. The normalized spacial score (nSPS) is 14.1. The van der Waals surface area contributed by atoms with Crippen molar-refractivity contribution in [1.29, 1.82) is 0 Å². The lowest BCUT2D eigenvalue weighted by molar-refractivity contribution is -0.117. The summed E-state index contributed by atoms with van der Waals surface area (Å²) in [5, 5.41) is 7.71. The van der Waals surface area contributed by atoms with Gasteiger partial charge in [-0.15, -0.1) is 0 Å². The molecule has 1 aromatic heterocycles. The van der Waals surface area contributed by atoms with Crippen LogP contribution in [-0.2, 0) is 4.79 Å². The molecule has 1 saturated heterocycles. The molecule has 1 aliphatic rings. The van der Waals surface area contributed by atoms with Gasteiger partial charge in [-0.2, -0.15) is 5.10 Å². The molecule has 9 heteroatoms. The number of amides is 2. The van der Waals surface area contributed by atoms with Gasteiger partial charge in [0, 0.05) is 43.6 Å². The first kappa shape index (κ1) is 23.7. The molecule has 0 atom stereocenters. The van der Waals surface area contributed by atoms with Crippen molar-refractivity contribution in [3.63, 3.8) is 0 Å². The zero-order valence-electron chi connectivity index (χ0n) is 19.1. The van der Waals surface area contributed by atoms with Crippen LogP contribution < -0.4 is 10.7 Å².